The lowest BCUT2D eigenvalue weighted by Crippen LogP contribution is -2.18. The molecule has 1 aliphatic heterocycles. The summed E-state index contributed by atoms with van der Waals surface area (Å²) in [6.07, 6.45) is 5.45. The lowest BCUT2D eigenvalue weighted by atomic mass is 10.2. The van der Waals surface area contributed by atoms with Gasteiger partial charge in [0, 0.05) is 18.2 Å². The zero-order chi connectivity index (χ0) is 11.0. The van der Waals surface area contributed by atoms with E-state index in [9.17, 15) is 0 Å². The summed E-state index contributed by atoms with van der Waals surface area (Å²) in [5, 5.41) is 6.25. The summed E-state index contributed by atoms with van der Waals surface area (Å²) in [5.74, 6) is 0. The molecule has 2 aromatic rings. The first-order valence-electron chi connectivity index (χ1n) is 5.59. The molecule has 1 aliphatic rings. The van der Waals surface area contributed by atoms with Crippen molar-refractivity contribution in [2.24, 2.45) is 0 Å². The number of fused-ring (bicyclic) bond motifs is 1. The van der Waals surface area contributed by atoms with Crippen molar-refractivity contribution in [2.45, 2.75) is 32.9 Å². The Morgan fingerprint density at radius 1 is 1.35 bits per heavy atom. The maximum atomic E-state index is 6.12. The third-order valence-electron chi connectivity index (χ3n) is 2.97. The second-order valence-electron chi connectivity index (χ2n) is 4.10. The minimum absolute atomic E-state index is 0. The number of hydrogen-bond donors (Lipinski definition) is 0. The lowest BCUT2D eigenvalue weighted by molar-refractivity contribution is -0.0390. The fourth-order valence-corrected chi connectivity index (χ4v) is 2.32. The summed E-state index contributed by atoms with van der Waals surface area (Å²) in [4.78, 5) is 0. The summed E-state index contributed by atoms with van der Waals surface area (Å²) >= 11 is 6.12. The molecule has 3 rings (SSSR count). The summed E-state index contributed by atoms with van der Waals surface area (Å²) in [5.41, 5.74) is 0.932. The monoisotopic (exact) mass is 252 g/mol. The van der Waals surface area contributed by atoms with E-state index in [2.05, 4.69) is 5.10 Å². The van der Waals surface area contributed by atoms with Gasteiger partial charge in [-0.1, -0.05) is 25.1 Å². The van der Waals surface area contributed by atoms with Gasteiger partial charge in [0.1, 0.15) is 6.23 Å². The van der Waals surface area contributed by atoms with Crippen LogP contribution in [0.15, 0.2) is 24.4 Å². The molecule has 1 fully saturated rings. The van der Waals surface area contributed by atoms with E-state index in [4.69, 9.17) is 16.3 Å². The highest BCUT2D eigenvalue weighted by Gasteiger charge is 2.17. The van der Waals surface area contributed by atoms with Crippen molar-refractivity contribution >= 4 is 22.5 Å². The van der Waals surface area contributed by atoms with Gasteiger partial charge < -0.3 is 4.74 Å². The zero-order valence-electron chi connectivity index (χ0n) is 8.90. The van der Waals surface area contributed by atoms with E-state index in [1.807, 2.05) is 29.1 Å². The van der Waals surface area contributed by atoms with Gasteiger partial charge in [-0.05, 0) is 31.4 Å². The van der Waals surface area contributed by atoms with Crippen LogP contribution in [0.2, 0.25) is 5.02 Å². The first-order chi connectivity index (χ1) is 7.84. The van der Waals surface area contributed by atoms with Crippen molar-refractivity contribution in [3.05, 3.63) is 29.4 Å². The number of benzene rings is 1. The zero-order valence-corrected chi connectivity index (χ0v) is 9.65. The average Bonchev–Trinajstić information content (AvgIpc) is 2.76. The number of nitrogens with zero attached hydrogens (tertiary/aromatic N) is 2. The number of halogens is 1. The van der Waals surface area contributed by atoms with E-state index in [0.717, 1.165) is 35.4 Å². The Hall–Kier alpha value is -1.06. The Labute approximate surface area is 106 Å². The van der Waals surface area contributed by atoms with Crippen molar-refractivity contribution in [1.82, 2.24) is 9.78 Å². The molecule has 1 unspecified atom stereocenters. The molecule has 1 aromatic heterocycles. The van der Waals surface area contributed by atoms with Crippen LogP contribution in [0.4, 0.5) is 0 Å². The molecular formula is C13H17ClN2O. The third-order valence-corrected chi connectivity index (χ3v) is 3.29. The third kappa shape index (κ3) is 2.31. The Bertz CT molecular complexity index is 503. The molecule has 0 radical (unpaired) electrons. The maximum Gasteiger partial charge on any atom is 0.150 e. The van der Waals surface area contributed by atoms with E-state index in [1.165, 1.54) is 6.42 Å². The molecule has 0 spiro atoms. The molecule has 0 bridgehead atoms. The highest BCUT2D eigenvalue weighted by molar-refractivity contribution is 6.35. The number of hydrogen-bond acceptors (Lipinski definition) is 2. The quantitative estimate of drug-likeness (QED) is 0.766. The highest BCUT2D eigenvalue weighted by Crippen LogP contribution is 2.27. The molecule has 1 atom stereocenters. The minimum atomic E-state index is 0. The molecule has 0 aliphatic carbocycles. The van der Waals surface area contributed by atoms with E-state index in [1.54, 1.807) is 0 Å². The Morgan fingerprint density at radius 2 is 2.24 bits per heavy atom. The molecular weight excluding hydrogens is 236 g/mol. The van der Waals surface area contributed by atoms with Crippen molar-refractivity contribution in [3.8, 4) is 0 Å². The van der Waals surface area contributed by atoms with Crippen LogP contribution in [0, 0.1) is 0 Å². The molecule has 3 nitrogen and oxygen atoms in total. The van der Waals surface area contributed by atoms with Crippen LogP contribution in [-0.4, -0.2) is 16.4 Å². The first-order valence-corrected chi connectivity index (χ1v) is 5.97. The van der Waals surface area contributed by atoms with Gasteiger partial charge in [0.05, 0.1) is 10.5 Å². The molecule has 92 valence electrons. The van der Waals surface area contributed by atoms with Gasteiger partial charge in [0.15, 0.2) is 0 Å². The smallest absolute Gasteiger partial charge is 0.150 e. The number of ether oxygens (including phenoxy) is 1. The maximum absolute atomic E-state index is 6.12. The summed E-state index contributed by atoms with van der Waals surface area (Å²) in [7, 11) is 0. The van der Waals surface area contributed by atoms with E-state index < -0.39 is 0 Å². The SMILES string of the molecule is C.Clc1cccc2nn(C3CCCCO3)cc12. The van der Waals surface area contributed by atoms with Crippen LogP contribution >= 0.6 is 11.6 Å². The minimum Gasteiger partial charge on any atom is -0.357 e. The lowest BCUT2D eigenvalue weighted by Gasteiger charge is -2.22. The van der Waals surface area contributed by atoms with Crippen LogP contribution in [0.25, 0.3) is 10.9 Å². The Kier molecular flexibility index (Phi) is 3.69. The van der Waals surface area contributed by atoms with Crippen LogP contribution in [0.1, 0.15) is 32.9 Å². The van der Waals surface area contributed by atoms with Gasteiger partial charge in [-0.3, -0.25) is 0 Å². The van der Waals surface area contributed by atoms with Crippen LogP contribution in [0.3, 0.4) is 0 Å². The second kappa shape index (κ2) is 5.07. The normalized spacial score (nSPS) is 20.2. The molecule has 0 amide bonds. The second-order valence-corrected chi connectivity index (χ2v) is 4.51. The molecule has 2 heterocycles. The van der Waals surface area contributed by atoms with Crippen LogP contribution < -0.4 is 0 Å². The van der Waals surface area contributed by atoms with Gasteiger partial charge in [-0.2, -0.15) is 5.10 Å². The molecule has 0 saturated carbocycles. The molecule has 4 heteroatoms. The van der Waals surface area contributed by atoms with Gasteiger partial charge in [-0.25, -0.2) is 4.68 Å². The highest BCUT2D eigenvalue weighted by atomic mass is 35.5. The van der Waals surface area contributed by atoms with Gasteiger partial charge in [0.2, 0.25) is 0 Å². The predicted octanol–water partition coefficient (Wildman–Crippen LogP) is 4.02. The number of aromatic nitrogens is 2. The molecule has 17 heavy (non-hydrogen) atoms. The fourth-order valence-electron chi connectivity index (χ4n) is 2.11. The van der Waals surface area contributed by atoms with Crippen molar-refractivity contribution in [2.75, 3.05) is 6.61 Å². The van der Waals surface area contributed by atoms with Crippen molar-refractivity contribution in [3.63, 3.8) is 0 Å². The van der Waals surface area contributed by atoms with Gasteiger partial charge >= 0.3 is 0 Å². The largest absolute Gasteiger partial charge is 0.357 e. The predicted molar refractivity (Wildman–Crippen MR) is 70.3 cm³/mol. The first kappa shape index (κ1) is 12.4. The number of rotatable bonds is 1. The standard InChI is InChI=1S/C12H13ClN2O.CH4/c13-10-4-3-5-11-9(10)8-15(14-11)12-6-1-2-7-16-12;/h3-5,8,12H,1-2,6-7H2;1H4. The average molecular weight is 253 g/mol. The topological polar surface area (TPSA) is 27.1 Å². The van der Waals surface area contributed by atoms with Crippen LogP contribution in [0.5, 0.6) is 0 Å². The molecule has 1 aromatic carbocycles. The summed E-state index contributed by atoms with van der Waals surface area (Å²) in [6.45, 7) is 0.828. The van der Waals surface area contributed by atoms with Crippen LogP contribution in [-0.2, 0) is 4.74 Å². The van der Waals surface area contributed by atoms with Gasteiger partial charge in [-0.15, -0.1) is 0 Å². The molecule has 1 saturated heterocycles. The Morgan fingerprint density at radius 3 is 2.94 bits per heavy atom. The van der Waals surface area contributed by atoms with Gasteiger partial charge in [0.25, 0.3) is 0 Å². The summed E-state index contributed by atoms with van der Waals surface area (Å²) < 4.78 is 7.59. The Balaban J connectivity index is 0.00000108. The van der Waals surface area contributed by atoms with E-state index in [0.29, 0.717) is 0 Å². The fraction of sp³-hybridized carbons (Fsp3) is 0.462. The molecule has 0 N–H and O–H groups in total. The van der Waals surface area contributed by atoms with Crippen molar-refractivity contribution < 1.29 is 4.74 Å². The van der Waals surface area contributed by atoms with E-state index >= 15 is 0 Å². The van der Waals surface area contributed by atoms with E-state index in [-0.39, 0.29) is 13.7 Å². The van der Waals surface area contributed by atoms with Crippen molar-refractivity contribution in [1.29, 1.82) is 0 Å². The summed E-state index contributed by atoms with van der Waals surface area (Å²) in [6, 6.07) is 5.78.